The van der Waals surface area contributed by atoms with Gasteiger partial charge in [-0.15, -0.1) is 0 Å². The van der Waals surface area contributed by atoms with Gasteiger partial charge < -0.3 is 4.52 Å². The Labute approximate surface area is 138 Å². The van der Waals surface area contributed by atoms with Gasteiger partial charge in [-0.25, -0.2) is 13.2 Å². The number of benzene rings is 2. The number of nitrogens with zero attached hydrogens (tertiary/aromatic N) is 1. The first-order valence-corrected chi connectivity index (χ1v) is 7.01. The fourth-order valence-corrected chi connectivity index (χ4v) is 2.10. The molecular formula is C16H8ClF3N2O2. The molecule has 3 rings (SSSR count). The van der Waals surface area contributed by atoms with E-state index in [1.807, 2.05) is 0 Å². The Balaban J connectivity index is 1.81. The molecule has 0 aliphatic carbocycles. The number of nitrogens with one attached hydrogen (secondary N) is 1. The molecule has 0 unspecified atom stereocenters. The van der Waals surface area contributed by atoms with Crippen molar-refractivity contribution in [2.24, 2.45) is 0 Å². The molecule has 1 N–H and O–H groups in total. The molecule has 122 valence electrons. The second kappa shape index (κ2) is 6.37. The Morgan fingerprint density at radius 1 is 1.04 bits per heavy atom. The molecule has 1 heterocycles. The molecule has 0 aliphatic rings. The highest BCUT2D eigenvalue weighted by Gasteiger charge is 2.20. The predicted octanol–water partition coefficient (Wildman–Crippen LogP) is 4.66. The summed E-state index contributed by atoms with van der Waals surface area (Å²) in [6.45, 7) is 0. The van der Waals surface area contributed by atoms with E-state index in [-0.39, 0.29) is 5.88 Å². The van der Waals surface area contributed by atoms with Gasteiger partial charge in [0.2, 0.25) is 5.88 Å². The summed E-state index contributed by atoms with van der Waals surface area (Å²) in [5.41, 5.74) is 0.439. The summed E-state index contributed by atoms with van der Waals surface area (Å²) in [5, 5.41) is 6.53. The lowest BCUT2D eigenvalue weighted by atomic mass is 10.1. The molecule has 0 aliphatic heterocycles. The van der Waals surface area contributed by atoms with Gasteiger partial charge in [0.1, 0.15) is 5.69 Å². The van der Waals surface area contributed by atoms with E-state index in [0.29, 0.717) is 22.3 Å². The van der Waals surface area contributed by atoms with Gasteiger partial charge in [0, 0.05) is 16.7 Å². The highest BCUT2D eigenvalue weighted by molar-refractivity contribution is 6.30. The Bertz CT molecular complexity index is 910. The highest BCUT2D eigenvalue weighted by atomic mass is 35.5. The summed E-state index contributed by atoms with van der Waals surface area (Å²) in [5.74, 6) is -5.75. The van der Waals surface area contributed by atoms with E-state index in [9.17, 15) is 18.0 Å². The van der Waals surface area contributed by atoms with Crippen LogP contribution in [0.5, 0.6) is 0 Å². The Morgan fingerprint density at radius 3 is 2.46 bits per heavy atom. The van der Waals surface area contributed by atoms with Gasteiger partial charge in [-0.05, 0) is 24.3 Å². The molecule has 4 nitrogen and oxygen atoms in total. The van der Waals surface area contributed by atoms with Crippen LogP contribution < -0.4 is 5.32 Å². The van der Waals surface area contributed by atoms with Crippen molar-refractivity contribution in [3.8, 4) is 11.3 Å². The molecule has 1 amide bonds. The molecule has 24 heavy (non-hydrogen) atoms. The zero-order valence-electron chi connectivity index (χ0n) is 11.8. The van der Waals surface area contributed by atoms with E-state index in [1.54, 1.807) is 24.3 Å². The Hall–Kier alpha value is -2.80. The molecule has 0 atom stereocenters. The van der Waals surface area contributed by atoms with E-state index >= 15 is 0 Å². The molecule has 0 saturated heterocycles. The molecule has 0 spiro atoms. The van der Waals surface area contributed by atoms with Crippen LogP contribution in [0, 0.1) is 17.5 Å². The second-order valence-electron chi connectivity index (χ2n) is 4.76. The lowest BCUT2D eigenvalue weighted by molar-refractivity contribution is 0.101. The molecule has 1 aromatic heterocycles. The molecule has 0 saturated carbocycles. The maximum Gasteiger partial charge on any atom is 0.261 e. The van der Waals surface area contributed by atoms with Crippen molar-refractivity contribution in [1.82, 2.24) is 5.16 Å². The lowest BCUT2D eigenvalue weighted by Crippen LogP contribution is -2.14. The number of carbonyl (C=O) groups excluding carboxylic acids is 1. The van der Waals surface area contributed by atoms with Crippen LogP contribution in [0.4, 0.5) is 19.1 Å². The number of aromatic nitrogens is 1. The predicted molar refractivity (Wildman–Crippen MR) is 81.2 cm³/mol. The minimum absolute atomic E-state index is 0.0749. The van der Waals surface area contributed by atoms with Gasteiger partial charge in [0.15, 0.2) is 17.5 Å². The fraction of sp³-hybridized carbons (Fsp3) is 0. The van der Waals surface area contributed by atoms with Crippen molar-refractivity contribution >= 4 is 23.4 Å². The third kappa shape index (κ3) is 3.11. The average molecular weight is 353 g/mol. The minimum Gasteiger partial charge on any atom is -0.338 e. The maximum absolute atomic E-state index is 13.6. The first-order chi connectivity index (χ1) is 11.5. The van der Waals surface area contributed by atoms with Crippen LogP contribution in [0.1, 0.15) is 10.4 Å². The summed E-state index contributed by atoms with van der Waals surface area (Å²) in [4.78, 5) is 11.9. The van der Waals surface area contributed by atoms with E-state index < -0.39 is 28.9 Å². The molecule has 0 fully saturated rings. The van der Waals surface area contributed by atoms with Crippen LogP contribution in [0.25, 0.3) is 11.3 Å². The van der Waals surface area contributed by atoms with Gasteiger partial charge in [-0.3, -0.25) is 10.1 Å². The van der Waals surface area contributed by atoms with E-state index in [2.05, 4.69) is 10.5 Å². The molecule has 0 bridgehead atoms. The molecule has 0 radical (unpaired) electrons. The van der Waals surface area contributed by atoms with Crippen molar-refractivity contribution in [1.29, 1.82) is 0 Å². The number of hydrogen-bond donors (Lipinski definition) is 1. The fourth-order valence-electron chi connectivity index (χ4n) is 1.97. The number of rotatable bonds is 3. The number of hydrogen-bond acceptors (Lipinski definition) is 3. The van der Waals surface area contributed by atoms with Gasteiger partial charge in [0.25, 0.3) is 5.91 Å². The van der Waals surface area contributed by atoms with Crippen LogP contribution in [0.3, 0.4) is 0 Å². The second-order valence-corrected chi connectivity index (χ2v) is 5.20. The summed E-state index contributed by atoms with van der Waals surface area (Å²) < 4.78 is 44.6. The minimum atomic E-state index is -1.72. The van der Waals surface area contributed by atoms with E-state index in [4.69, 9.17) is 16.1 Å². The Kier molecular flexibility index (Phi) is 4.26. The molecule has 3 aromatic rings. The standard InChI is InChI=1S/C16H8ClF3N2O2/c17-9-3-1-8(2-4-9)12-7-13(24-22-12)21-16(23)10-5-6-11(18)15(20)14(10)19/h1-7H,(H,21,23). The first-order valence-electron chi connectivity index (χ1n) is 6.63. The van der Waals surface area contributed by atoms with E-state index in [0.717, 1.165) is 6.07 Å². The monoisotopic (exact) mass is 352 g/mol. The van der Waals surface area contributed by atoms with Gasteiger partial charge >= 0.3 is 0 Å². The van der Waals surface area contributed by atoms with Crippen LogP contribution in [-0.4, -0.2) is 11.1 Å². The highest BCUT2D eigenvalue weighted by Crippen LogP contribution is 2.24. The average Bonchev–Trinajstić information content (AvgIpc) is 3.01. The normalized spacial score (nSPS) is 10.7. The van der Waals surface area contributed by atoms with Crippen LogP contribution in [-0.2, 0) is 0 Å². The van der Waals surface area contributed by atoms with Gasteiger partial charge in [-0.2, -0.15) is 0 Å². The third-order valence-corrected chi connectivity index (χ3v) is 3.42. The SMILES string of the molecule is O=C(Nc1cc(-c2ccc(Cl)cc2)no1)c1ccc(F)c(F)c1F. The largest absolute Gasteiger partial charge is 0.338 e. The number of halogens is 4. The zero-order chi connectivity index (χ0) is 17.3. The Morgan fingerprint density at radius 2 is 1.75 bits per heavy atom. The molecule has 2 aromatic carbocycles. The van der Waals surface area contributed by atoms with Gasteiger partial charge in [-0.1, -0.05) is 28.9 Å². The molecule has 8 heteroatoms. The summed E-state index contributed by atoms with van der Waals surface area (Å²) in [6.07, 6.45) is 0. The number of amides is 1. The number of carbonyl (C=O) groups is 1. The number of anilines is 1. The van der Waals surface area contributed by atoms with Crippen molar-refractivity contribution in [2.75, 3.05) is 5.32 Å². The van der Waals surface area contributed by atoms with Crippen LogP contribution in [0.2, 0.25) is 5.02 Å². The summed E-state index contributed by atoms with van der Waals surface area (Å²) in [6, 6.07) is 9.59. The topological polar surface area (TPSA) is 55.1 Å². The molecular weight excluding hydrogens is 345 g/mol. The third-order valence-electron chi connectivity index (χ3n) is 3.17. The quantitative estimate of drug-likeness (QED) is 0.697. The smallest absolute Gasteiger partial charge is 0.261 e. The lowest BCUT2D eigenvalue weighted by Gasteiger charge is -2.03. The van der Waals surface area contributed by atoms with Crippen LogP contribution >= 0.6 is 11.6 Å². The summed E-state index contributed by atoms with van der Waals surface area (Å²) in [7, 11) is 0. The van der Waals surface area contributed by atoms with Crippen molar-refractivity contribution in [3.05, 3.63) is 70.5 Å². The van der Waals surface area contributed by atoms with Crippen molar-refractivity contribution in [2.45, 2.75) is 0 Å². The maximum atomic E-state index is 13.6. The van der Waals surface area contributed by atoms with Crippen LogP contribution in [0.15, 0.2) is 47.0 Å². The van der Waals surface area contributed by atoms with Gasteiger partial charge in [0.05, 0.1) is 5.56 Å². The van der Waals surface area contributed by atoms with E-state index in [1.165, 1.54) is 6.07 Å². The van der Waals surface area contributed by atoms with Crippen molar-refractivity contribution in [3.63, 3.8) is 0 Å². The first kappa shape index (κ1) is 16.1. The van der Waals surface area contributed by atoms with Crippen molar-refractivity contribution < 1.29 is 22.5 Å². The summed E-state index contributed by atoms with van der Waals surface area (Å²) >= 11 is 5.79. The zero-order valence-corrected chi connectivity index (χ0v) is 12.6.